The van der Waals surface area contributed by atoms with Gasteiger partial charge in [-0.2, -0.15) is 0 Å². The summed E-state index contributed by atoms with van der Waals surface area (Å²) in [4.78, 5) is 14.8. The molecule has 6 nitrogen and oxygen atoms in total. The summed E-state index contributed by atoms with van der Waals surface area (Å²) < 4.78 is 6.09. The fraction of sp³-hybridized carbons (Fsp3) is 0.952. The Morgan fingerprint density at radius 1 is 0.852 bits per heavy atom. The summed E-state index contributed by atoms with van der Waals surface area (Å²) in [5, 5.41) is 16.6. The normalized spacial score (nSPS) is 36.7. The Morgan fingerprint density at radius 3 is 1.70 bits per heavy atom. The average molecular weight is 384 g/mol. The highest BCUT2D eigenvalue weighted by molar-refractivity contribution is 5.73. The molecule has 0 aromatic rings. The van der Waals surface area contributed by atoms with E-state index >= 15 is 0 Å². The zero-order chi connectivity index (χ0) is 20.7. The van der Waals surface area contributed by atoms with Crippen molar-refractivity contribution in [3.63, 3.8) is 0 Å². The molecule has 0 aromatic carbocycles. The van der Waals surface area contributed by atoms with E-state index in [1.807, 2.05) is 0 Å². The van der Waals surface area contributed by atoms with Gasteiger partial charge in [0.1, 0.15) is 0 Å². The van der Waals surface area contributed by atoms with E-state index in [4.69, 9.17) is 4.74 Å². The van der Waals surface area contributed by atoms with Crippen molar-refractivity contribution in [3.05, 3.63) is 0 Å². The number of piperidine rings is 2. The molecule has 1 amide bonds. The van der Waals surface area contributed by atoms with Crippen LogP contribution in [0.3, 0.4) is 0 Å². The number of nitrogens with zero attached hydrogens (tertiary/aromatic N) is 1. The zero-order valence-electron chi connectivity index (χ0n) is 18.8. The Hall–Kier alpha value is -0.850. The van der Waals surface area contributed by atoms with E-state index in [1.54, 1.807) is 11.8 Å². The Kier molecular flexibility index (Phi) is 4.33. The molecule has 3 aliphatic heterocycles. The van der Waals surface area contributed by atoms with Crippen LogP contribution in [0.15, 0.2) is 0 Å². The molecule has 6 heteroatoms. The maximum atomic E-state index is 13.1. The standard InChI is InChI=1S/C21H39N3O3/c1-16(2)10-14(11-17(3,4)22-16)24-15(25)27-21(20(24,9)26)12-18(5,6)23-19(7,8)13-21/h14,22-23,26H,10-13H2,1-9H3/p+2/t20-/m0/s1. The molecular weight excluding hydrogens is 342 g/mol. The second-order valence-corrected chi connectivity index (χ2v) is 12.4. The number of carbonyl (C=O) groups excluding carboxylic acids is 1. The number of rotatable bonds is 1. The van der Waals surface area contributed by atoms with Crippen molar-refractivity contribution in [1.29, 1.82) is 0 Å². The molecule has 0 bridgehead atoms. The molecule has 3 heterocycles. The second kappa shape index (κ2) is 5.61. The topological polar surface area (TPSA) is 83.0 Å². The molecule has 3 aliphatic rings. The SMILES string of the molecule is CC1(C)CC(N2C(=O)OC3(CC(C)(C)[NH2+]C(C)(C)C3)[C@]2(C)O)CC(C)(C)[NH2+]1. The number of nitrogens with two attached hydrogens (primary N) is 2. The third-order valence-electron chi connectivity index (χ3n) is 6.75. The Labute approximate surface area is 164 Å². The Morgan fingerprint density at radius 2 is 1.26 bits per heavy atom. The first-order valence-corrected chi connectivity index (χ1v) is 10.4. The van der Waals surface area contributed by atoms with E-state index in [-0.39, 0.29) is 34.3 Å². The highest BCUT2D eigenvalue weighted by Gasteiger charge is 2.70. The van der Waals surface area contributed by atoms with Crippen molar-refractivity contribution in [2.24, 2.45) is 0 Å². The van der Waals surface area contributed by atoms with Crippen LogP contribution >= 0.6 is 0 Å². The summed E-state index contributed by atoms with van der Waals surface area (Å²) >= 11 is 0. The highest BCUT2D eigenvalue weighted by atomic mass is 16.6. The fourth-order valence-corrected chi connectivity index (χ4v) is 6.96. The molecular formula is C21H41N3O3+2. The third-order valence-corrected chi connectivity index (χ3v) is 6.75. The zero-order valence-corrected chi connectivity index (χ0v) is 18.8. The van der Waals surface area contributed by atoms with E-state index in [1.165, 1.54) is 0 Å². The molecule has 1 atom stereocenters. The van der Waals surface area contributed by atoms with E-state index in [2.05, 4.69) is 66.0 Å². The van der Waals surface area contributed by atoms with E-state index in [0.717, 1.165) is 12.8 Å². The van der Waals surface area contributed by atoms with Gasteiger partial charge in [-0.25, -0.2) is 4.79 Å². The summed E-state index contributed by atoms with van der Waals surface area (Å²) in [6, 6.07) is -0.0287. The molecule has 3 fully saturated rings. The van der Waals surface area contributed by atoms with Crippen LogP contribution in [0.1, 0.15) is 88.0 Å². The van der Waals surface area contributed by atoms with Crippen LogP contribution in [0.4, 0.5) is 4.79 Å². The first-order chi connectivity index (χ1) is 11.9. The van der Waals surface area contributed by atoms with E-state index < -0.39 is 11.3 Å². The van der Waals surface area contributed by atoms with Crippen LogP contribution in [-0.2, 0) is 4.74 Å². The van der Waals surface area contributed by atoms with Gasteiger partial charge in [-0.1, -0.05) is 0 Å². The van der Waals surface area contributed by atoms with Gasteiger partial charge in [-0.05, 0) is 62.3 Å². The van der Waals surface area contributed by atoms with Gasteiger partial charge in [0.15, 0.2) is 11.3 Å². The van der Waals surface area contributed by atoms with E-state index in [9.17, 15) is 9.90 Å². The summed E-state index contributed by atoms with van der Waals surface area (Å²) in [6.07, 6.45) is 2.62. The van der Waals surface area contributed by atoms with Crippen LogP contribution in [-0.4, -0.2) is 55.6 Å². The van der Waals surface area contributed by atoms with E-state index in [0.29, 0.717) is 12.8 Å². The lowest BCUT2D eigenvalue weighted by molar-refractivity contribution is -0.794. The molecule has 0 radical (unpaired) electrons. The third kappa shape index (κ3) is 3.60. The van der Waals surface area contributed by atoms with Crippen molar-refractivity contribution < 1.29 is 25.3 Å². The molecule has 27 heavy (non-hydrogen) atoms. The van der Waals surface area contributed by atoms with Crippen LogP contribution < -0.4 is 10.6 Å². The first-order valence-electron chi connectivity index (χ1n) is 10.4. The predicted molar refractivity (Wildman–Crippen MR) is 104 cm³/mol. The summed E-state index contributed by atoms with van der Waals surface area (Å²) in [5.41, 5.74) is -2.39. The van der Waals surface area contributed by atoms with Crippen molar-refractivity contribution in [1.82, 2.24) is 4.90 Å². The maximum absolute atomic E-state index is 13.1. The lowest BCUT2D eigenvalue weighted by Gasteiger charge is -2.53. The number of aliphatic hydroxyl groups is 1. The molecule has 0 unspecified atom stereocenters. The second-order valence-electron chi connectivity index (χ2n) is 12.4. The monoisotopic (exact) mass is 383 g/mol. The minimum Gasteiger partial charge on any atom is -0.437 e. The van der Waals surface area contributed by atoms with Crippen LogP contribution in [0.2, 0.25) is 0 Å². The number of ether oxygens (including phenoxy) is 1. The minimum atomic E-state index is -1.32. The van der Waals surface area contributed by atoms with Gasteiger partial charge in [0.25, 0.3) is 0 Å². The van der Waals surface area contributed by atoms with Gasteiger partial charge < -0.3 is 20.5 Å². The highest BCUT2D eigenvalue weighted by Crippen LogP contribution is 2.50. The van der Waals surface area contributed by atoms with Gasteiger partial charge in [-0.3, -0.25) is 4.90 Å². The number of hydrogen-bond donors (Lipinski definition) is 3. The van der Waals surface area contributed by atoms with Crippen LogP contribution in [0.25, 0.3) is 0 Å². The molecule has 3 rings (SSSR count). The van der Waals surface area contributed by atoms with Gasteiger partial charge >= 0.3 is 6.09 Å². The molecule has 156 valence electrons. The number of hydrogen-bond acceptors (Lipinski definition) is 3. The van der Waals surface area contributed by atoms with Gasteiger partial charge in [-0.15, -0.1) is 0 Å². The first kappa shape index (κ1) is 20.9. The van der Waals surface area contributed by atoms with Gasteiger partial charge in [0, 0.05) is 31.7 Å². The average Bonchev–Trinajstić information content (AvgIpc) is 2.45. The molecule has 3 saturated heterocycles. The Bertz CT molecular complexity index is 605. The van der Waals surface area contributed by atoms with Gasteiger partial charge in [0.05, 0.1) is 22.2 Å². The Balaban J connectivity index is 1.99. The molecule has 5 N–H and O–H groups in total. The molecule has 0 saturated carbocycles. The van der Waals surface area contributed by atoms with Crippen LogP contribution in [0.5, 0.6) is 0 Å². The summed E-state index contributed by atoms with van der Waals surface area (Å²) in [5.74, 6) is 0. The van der Waals surface area contributed by atoms with Gasteiger partial charge in [0.2, 0.25) is 0 Å². The smallest absolute Gasteiger partial charge is 0.413 e. The summed E-state index contributed by atoms with van der Waals surface area (Å²) in [7, 11) is 0. The van der Waals surface area contributed by atoms with Crippen molar-refractivity contribution >= 4 is 6.09 Å². The fourth-order valence-electron chi connectivity index (χ4n) is 6.96. The predicted octanol–water partition coefficient (Wildman–Crippen LogP) is 1.08. The van der Waals surface area contributed by atoms with Crippen molar-refractivity contribution in [3.8, 4) is 0 Å². The molecule has 1 spiro atoms. The minimum absolute atomic E-state index is 0.0113. The molecule has 0 aromatic heterocycles. The molecule has 0 aliphatic carbocycles. The van der Waals surface area contributed by atoms with Crippen molar-refractivity contribution in [2.75, 3.05) is 0 Å². The lowest BCUT2D eigenvalue weighted by atomic mass is 9.68. The summed E-state index contributed by atoms with van der Waals surface area (Å²) in [6.45, 7) is 19.3. The number of quaternary nitrogens is 2. The van der Waals surface area contributed by atoms with Crippen LogP contribution in [0, 0.1) is 0 Å². The lowest BCUT2D eigenvalue weighted by Crippen LogP contribution is -3.07. The maximum Gasteiger partial charge on any atom is 0.413 e. The number of amides is 1. The number of carbonyl (C=O) groups is 1. The quantitative estimate of drug-likeness (QED) is 0.634. The van der Waals surface area contributed by atoms with Crippen molar-refractivity contribution in [2.45, 2.75) is 128 Å². The largest absolute Gasteiger partial charge is 0.437 e.